The zero-order chi connectivity index (χ0) is 6.41. The highest BCUT2D eigenvalue weighted by molar-refractivity contribution is 5.36. The maximum absolute atomic E-state index is 9.58. The third-order valence-corrected chi connectivity index (χ3v) is 0.907. The highest BCUT2D eigenvalue weighted by Gasteiger charge is 1.93. The number of hydrogen-bond acceptors (Lipinski definition) is 3. The lowest BCUT2D eigenvalue weighted by molar-refractivity contribution is -0.129. The van der Waals surface area contributed by atoms with Gasteiger partial charge in [-0.2, -0.15) is 0 Å². The van der Waals surface area contributed by atoms with Crippen molar-refractivity contribution in [2.24, 2.45) is 0 Å². The van der Waals surface area contributed by atoms with Gasteiger partial charge in [0, 0.05) is 6.04 Å². The van der Waals surface area contributed by atoms with Crippen molar-refractivity contribution in [1.82, 2.24) is 5.32 Å². The first-order chi connectivity index (χ1) is 3.81. The summed E-state index contributed by atoms with van der Waals surface area (Å²) in [5.41, 5.74) is 0. The van der Waals surface area contributed by atoms with Gasteiger partial charge in [0.2, 0.25) is 0 Å². The van der Waals surface area contributed by atoms with Crippen LogP contribution >= 0.6 is 0 Å². The smallest absolute Gasteiger partial charge is 0.293 e. The van der Waals surface area contributed by atoms with E-state index in [0.29, 0.717) is 13.1 Å². The van der Waals surface area contributed by atoms with Crippen molar-refractivity contribution in [2.75, 3.05) is 13.7 Å². The van der Waals surface area contributed by atoms with E-state index in [1.54, 1.807) is 0 Å². The SMILES string of the molecule is CNC(C)COC=O. The van der Waals surface area contributed by atoms with Gasteiger partial charge < -0.3 is 10.1 Å². The summed E-state index contributed by atoms with van der Waals surface area (Å²) in [4.78, 5) is 9.58. The van der Waals surface area contributed by atoms with Crippen LogP contribution < -0.4 is 5.32 Å². The molecule has 0 saturated heterocycles. The molecule has 0 heterocycles. The van der Waals surface area contributed by atoms with Gasteiger partial charge in [0.25, 0.3) is 6.47 Å². The molecule has 48 valence electrons. The molecule has 1 atom stereocenters. The molecular weight excluding hydrogens is 106 g/mol. The Balaban J connectivity index is 2.97. The monoisotopic (exact) mass is 117 g/mol. The van der Waals surface area contributed by atoms with Crippen molar-refractivity contribution < 1.29 is 9.53 Å². The van der Waals surface area contributed by atoms with Gasteiger partial charge in [0.15, 0.2) is 0 Å². The molecule has 0 bridgehead atoms. The van der Waals surface area contributed by atoms with Crippen LogP contribution in [0.1, 0.15) is 6.92 Å². The Hall–Kier alpha value is -0.570. The van der Waals surface area contributed by atoms with Gasteiger partial charge in [-0.15, -0.1) is 0 Å². The molecule has 0 spiro atoms. The average molecular weight is 117 g/mol. The van der Waals surface area contributed by atoms with Crippen LogP contribution in [0.3, 0.4) is 0 Å². The van der Waals surface area contributed by atoms with Crippen molar-refractivity contribution in [3.63, 3.8) is 0 Å². The molecule has 0 aliphatic heterocycles. The molecule has 1 unspecified atom stereocenters. The third kappa shape index (κ3) is 3.61. The van der Waals surface area contributed by atoms with E-state index >= 15 is 0 Å². The summed E-state index contributed by atoms with van der Waals surface area (Å²) in [6, 6.07) is 0.250. The van der Waals surface area contributed by atoms with Crippen LogP contribution in [0.2, 0.25) is 0 Å². The summed E-state index contributed by atoms with van der Waals surface area (Å²) >= 11 is 0. The molecule has 0 fully saturated rings. The molecule has 1 N–H and O–H groups in total. The topological polar surface area (TPSA) is 38.3 Å². The minimum Gasteiger partial charge on any atom is -0.466 e. The van der Waals surface area contributed by atoms with Crippen LogP contribution in [-0.4, -0.2) is 26.2 Å². The van der Waals surface area contributed by atoms with E-state index in [1.165, 1.54) is 0 Å². The maximum Gasteiger partial charge on any atom is 0.293 e. The van der Waals surface area contributed by atoms with Gasteiger partial charge in [0.05, 0.1) is 0 Å². The highest BCUT2D eigenvalue weighted by Crippen LogP contribution is 1.77. The highest BCUT2D eigenvalue weighted by atomic mass is 16.5. The molecule has 0 radical (unpaired) electrons. The molecule has 0 aromatic heterocycles. The summed E-state index contributed by atoms with van der Waals surface area (Å²) in [5, 5.41) is 2.92. The molecule has 0 aromatic rings. The zero-order valence-electron chi connectivity index (χ0n) is 5.18. The van der Waals surface area contributed by atoms with Gasteiger partial charge in [-0.05, 0) is 14.0 Å². The lowest BCUT2D eigenvalue weighted by atomic mass is 10.4. The lowest BCUT2D eigenvalue weighted by Gasteiger charge is -2.05. The molecule has 0 aliphatic carbocycles. The summed E-state index contributed by atoms with van der Waals surface area (Å²) in [7, 11) is 1.82. The Morgan fingerprint density at radius 2 is 2.50 bits per heavy atom. The number of nitrogens with one attached hydrogen (secondary N) is 1. The van der Waals surface area contributed by atoms with Crippen LogP contribution in [0.5, 0.6) is 0 Å². The van der Waals surface area contributed by atoms with Crippen molar-refractivity contribution >= 4 is 6.47 Å². The molecule has 3 nitrogen and oxygen atoms in total. The maximum atomic E-state index is 9.58. The molecule has 8 heavy (non-hydrogen) atoms. The fourth-order valence-corrected chi connectivity index (χ4v) is 0.267. The second-order valence-corrected chi connectivity index (χ2v) is 1.62. The van der Waals surface area contributed by atoms with Gasteiger partial charge in [-0.1, -0.05) is 0 Å². The second kappa shape index (κ2) is 4.59. The van der Waals surface area contributed by atoms with E-state index in [-0.39, 0.29) is 6.04 Å². The van der Waals surface area contributed by atoms with Crippen LogP contribution in [0.4, 0.5) is 0 Å². The first-order valence-corrected chi connectivity index (χ1v) is 2.53. The zero-order valence-corrected chi connectivity index (χ0v) is 5.18. The van der Waals surface area contributed by atoms with Gasteiger partial charge in [-0.3, -0.25) is 4.79 Å². The Labute approximate surface area is 49.0 Å². The van der Waals surface area contributed by atoms with E-state index in [9.17, 15) is 4.79 Å². The normalized spacial score (nSPS) is 12.8. The van der Waals surface area contributed by atoms with Gasteiger partial charge in [-0.25, -0.2) is 0 Å². The van der Waals surface area contributed by atoms with Crippen LogP contribution in [0.15, 0.2) is 0 Å². The molecule has 0 amide bonds. The fraction of sp³-hybridized carbons (Fsp3) is 0.800. The van der Waals surface area contributed by atoms with E-state index in [0.717, 1.165) is 0 Å². The molecule has 0 aliphatic rings. The second-order valence-electron chi connectivity index (χ2n) is 1.62. The molecule has 0 aromatic carbocycles. The number of carbonyl (C=O) groups excluding carboxylic acids is 1. The Morgan fingerprint density at radius 3 is 2.88 bits per heavy atom. The predicted octanol–water partition coefficient (Wildman–Crippen LogP) is -0.233. The van der Waals surface area contributed by atoms with Crippen molar-refractivity contribution in [1.29, 1.82) is 0 Å². The largest absolute Gasteiger partial charge is 0.466 e. The molecule has 0 saturated carbocycles. The quantitative estimate of drug-likeness (QED) is 0.517. The molecule has 0 rings (SSSR count). The van der Waals surface area contributed by atoms with E-state index in [4.69, 9.17) is 0 Å². The number of hydrogen-bond donors (Lipinski definition) is 1. The fourth-order valence-electron chi connectivity index (χ4n) is 0.267. The molecule has 3 heteroatoms. The van der Waals surface area contributed by atoms with Crippen molar-refractivity contribution in [3.8, 4) is 0 Å². The number of carbonyl (C=O) groups is 1. The van der Waals surface area contributed by atoms with E-state index in [2.05, 4.69) is 10.1 Å². The minimum absolute atomic E-state index is 0.250. The van der Waals surface area contributed by atoms with Crippen LogP contribution in [0.25, 0.3) is 0 Å². The number of ether oxygens (including phenoxy) is 1. The first kappa shape index (κ1) is 7.43. The van der Waals surface area contributed by atoms with Crippen molar-refractivity contribution in [2.45, 2.75) is 13.0 Å². The summed E-state index contributed by atoms with van der Waals surface area (Å²) in [5.74, 6) is 0. The third-order valence-electron chi connectivity index (χ3n) is 0.907. The Morgan fingerprint density at radius 1 is 1.88 bits per heavy atom. The van der Waals surface area contributed by atoms with Gasteiger partial charge in [0.1, 0.15) is 6.61 Å². The standard InChI is InChI=1S/C5H11NO2/c1-5(6-2)3-8-4-7/h4-6H,3H2,1-2H3. The summed E-state index contributed by atoms with van der Waals surface area (Å²) < 4.78 is 4.44. The van der Waals surface area contributed by atoms with Gasteiger partial charge >= 0.3 is 0 Å². The minimum atomic E-state index is 0.250. The predicted molar refractivity (Wildman–Crippen MR) is 30.5 cm³/mol. The number of rotatable bonds is 4. The molecular formula is C5H11NO2. The Kier molecular flexibility index (Phi) is 4.26. The van der Waals surface area contributed by atoms with Crippen molar-refractivity contribution in [3.05, 3.63) is 0 Å². The summed E-state index contributed by atoms with van der Waals surface area (Å²) in [6.07, 6.45) is 0. The average Bonchev–Trinajstić information content (AvgIpc) is 1.83. The van der Waals surface area contributed by atoms with E-state index < -0.39 is 0 Å². The van der Waals surface area contributed by atoms with Crippen LogP contribution in [0, 0.1) is 0 Å². The summed E-state index contributed by atoms with van der Waals surface area (Å²) in [6.45, 7) is 2.83. The van der Waals surface area contributed by atoms with E-state index in [1.807, 2.05) is 14.0 Å². The van der Waals surface area contributed by atoms with Crippen LogP contribution in [-0.2, 0) is 9.53 Å². The lowest BCUT2D eigenvalue weighted by Crippen LogP contribution is -2.26. The first-order valence-electron chi connectivity index (χ1n) is 2.53. The number of likely N-dealkylation sites (N-methyl/N-ethyl adjacent to an activating group) is 1. The Bertz CT molecular complexity index is 65.4.